The quantitative estimate of drug-likeness (QED) is 0.431. The largest absolute Gasteiger partial charge is 0.463 e. The summed E-state index contributed by atoms with van der Waals surface area (Å²) in [7, 11) is 0. The van der Waals surface area contributed by atoms with Gasteiger partial charge in [-0.2, -0.15) is 0 Å². The van der Waals surface area contributed by atoms with Crippen LogP contribution >= 0.6 is 11.3 Å². The van der Waals surface area contributed by atoms with Gasteiger partial charge in [0.2, 0.25) is 24.2 Å². The number of amides is 1. The van der Waals surface area contributed by atoms with E-state index in [-0.39, 0.29) is 12.4 Å². The molecule has 1 amide bonds. The van der Waals surface area contributed by atoms with Crippen molar-refractivity contribution >= 4 is 34.6 Å². The highest BCUT2D eigenvalue weighted by Crippen LogP contribution is 2.30. The van der Waals surface area contributed by atoms with Crippen LogP contribution in [0.15, 0.2) is 34.3 Å². The van der Waals surface area contributed by atoms with E-state index in [1.54, 1.807) is 23.6 Å². The number of hydrogen-bond donors (Lipinski definition) is 3. The second kappa shape index (κ2) is 4.93. The van der Waals surface area contributed by atoms with E-state index >= 15 is 0 Å². The van der Waals surface area contributed by atoms with Crippen LogP contribution in [0.25, 0.3) is 0 Å². The van der Waals surface area contributed by atoms with E-state index < -0.39 is 17.6 Å². The number of carbonyl (C=O) groups is 2. The summed E-state index contributed by atoms with van der Waals surface area (Å²) in [5.74, 6) is -1.94. The minimum absolute atomic E-state index is 0.202. The van der Waals surface area contributed by atoms with Gasteiger partial charge in [-0.15, -0.1) is 11.3 Å². The van der Waals surface area contributed by atoms with Gasteiger partial charge in [-0.05, 0) is 23.6 Å². The molecule has 102 valence electrons. The molecule has 0 unspecified atom stereocenters. The lowest BCUT2D eigenvalue weighted by Crippen LogP contribution is -2.74. The van der Waals surface area contributed by atoms with Gasteiger partial charge in [0.1, 0.15) is 0 Å². The Hall–Kier alpha value is -2.41. The molecular weight excluding hydrogens is 280 g/mol. The number of fused-ring (bicyclic) bond motifs is 1. The summed E-state index contributed by atoms with van der Waals surface area (Å²) in [4.78, 5) is 27.2. The van der Waals surface area contributed by atoms with Crippen molar-refractivity contribution in [3.8, 4) is 0 Å². The number of aliphatic hydroxyl groups excluding tert-OH is 1. The second-order valence-electron chi connectivity index (χ2n) is 4.27. The van der Waals surface area contributed by atoms with Crippen LogP contribution in [0.5, 0.6) is 0 Å². The van der Waals surface area contributed by atoms with Crippen LogP contribution in [0.2, 0.25) is 0 Å². The van der Waals surface area contributed by atoms with Gasteiger partial charge in [-0.25, -0.2) is 4.99 Å². The summed E-state index contributed by atoms with van der Waals surface area (Å²) in [6, 6.07) is 5.10. The zero-order valence-electron chi connectivity index (χ0n) is 10.3. The molecule has 0 aliphatic carbocycles. The second-order valence-corrected chi connectivity index (χ2v) is 5.18. The topological polar surface area (TPSA) is 93.5 Å². The Labute approximate surface area is 117 Å². The highest BCUT2D eigenvalue weighted by Gasteiger charge is 2.42. The first-order valence-corrected chi connectivity index (χ1v) is 6.79. The van der Waals surface area contributed by atoms with Crippen LogP contribution in [0.3, 0.4) is 0 Å². The number of Topliss-reactive ketones (excluding diaryl/α,β-unsaturated/α-hetero) is 1. The average Bonchev–Trinajstić information content (AvgIpc) is 3.06. The van der Waals surface area contributed by atoms with Crippen LogP contribution in [-0.4, -0.2) is 22.7 Å². The number of anilines is 1. The lowest BCUT2D eigenvalue weighted by atomic mass is 9.97. The lowest BCUT2D eigenvalue weighted by molar-refractivity contribution is -0.489. The van der Waals surface area contributed by atoms with Gasteiger partial charge in [0.15, 0.2) is 5.76 Å². The Morgan fingerprint density at radius 1 is 1.45 bits per heavy atom. The molecule has 3 heterocycles. The summed E-state index contributed by atoms with van der Waals surface area (Å²) >= 11 is 1.24. The van der Waals surface area contributed by atoms with E-state index in [0.717, 1.165) is 0 Å². The van der Waals surface area contributed by atoms with Crippen molar-refractivity contribution in [1.29, 1.82) is 0 Å². The van der Waals surface area contributed by atoms with E-state index in [2.05, 4.69) is 10.3 Å². The fraction of sp³-hybridized carbons (Fsp3) is 0.154. The van der Waals surface area contributed by atoms with Crippen molar-refractivity contribution in [2.75, 3.05) is 5.32 Å². The fourth-order valence-electron chi connectivity index (χ4n) is 1.99. The molecule has 3 rings (SSSR count). The molecule has 0 aromatic carbocycles. The number of carbonyl (C=O) groups excluding carboxylic acids is 2. The maximum Gasteiger partial charge on any atom is 0.353 e. The fourth-order valence-corrected chi connectivity index (χ4v) is 2.82. The van der Waals surface area contributed by atoms with Crippen molar-refractivity contribution in [1.82, 2.24) is 0 Å². The van der Waals surface area contributed by atoms with Gasteiger partial charge in [0.05, 0.1) is 16.8 Å². The number of rotatable bonds is 3. The average molecular weight is 291 g/mol. The Bertz CT molecular complexity index is 687. The molecule has 7 heteroatoms. The Morgan fingerprint density at radius 2 is 2.30 bits per heavy atom. The Morgan fingerprint density at radius 3 is 3.05 bits per heavy atom. The lowest BCUT2D eigenvalue weighted by Gasteiger charge is -2.16. The molecule has 0 saturated heterocycles. The van der Waals surface area contributed by atoms with Crippen molar-refractivity contribution in [2.24, 2.45) is 5.92 Å². The van der Waals surface area contributed by atoms with Crippen molar-refractivity contribution in [2.45, 2.75) is 6.54 Å². The molecule has 1 atom stereocenters. The number of furan rings is 1. The van der Waals surface area contributed by atoms with Crippen LogP contribution < -0.4 is 10.3 Å². The molecule has 2 aromatic rings. The Kier molecular flexibility index (Phi) is 3.11. The number of aliphatic hydroxyl groups is 1. The first-order valence-electron chi connectivity index (χ1n) is 5.91. The molecule has 2 aromatic heterocycles. The van der Waals surface area contributed by atoms with Crippen LogP contribution in [0, 0.1) is 5.92 Å². The maximum absolute atomic E-state index is 12.2. The summed E-state index contributed by atoms with van der Waals surface area (Å²) in [5, 5.41) is 14.3. The van der Waals surface area contributed by atoms with Gasteiger partial charge in [-0.1, -0.05) is 0 Å². The van der Waals surface area contributed by atoms with Gasteiger partial charge < -0.3 is 14.8 Å². The zero-order valence-corrected chi connectivity index (χ0v) is 11.1. The molecule has 1 aliphatic heterocycles. The van der Waals surface area contributed by atoms with E-state index in [0.29, 0.717) is 16.3 Å². The standard InChI is InChI=1S/C13H10N2O4S/c16-10-9(12(17)14-6-7-2-1-4-19-7)13(18)15-8-3-5-20-11(8)10/h1-5,9H,6H2,(H,14,17)(H,15,18)/p+1/t9-/m0/s1. The van der Waals surface area contributed by atoms with E-state index in [1.807, 2.05) is 0 Å². The third-order valence-corrected chi connectivity index (χ3v) is 3.90. The van der Waals surface area contributed by atoms with Gasteiger partial charge >= 0.3 is 5.90 Å². The minimum atomic E-state index is -1.23. The number of hydrogen-bond acceptors (Lipinski definition) is 4. The molecule has 0 radical (unpaired) electrons. The predicted molar refractivity (Wildman–Crippen MR) is 71.8 cm³/mol. The molecule has 20 heavy (non-hydrogen) atoms. The molecule has 6 nitrogen and oxygen atoms in total. The molecule has 0 fully saturated rings. The van der Waals surface area contributed by atoms with Crippen molar-refractivity contribution < 1.29 is 24.1 Å². The molecular formula is C13H11N2O4S+. The van der Waals surface area contributed by atoms with Gasteiger partial charge in [0, 0.05) is 0 Å². The molecule has 0 bridgehead atoms. The van der Waals surface area contributed by atoms with Crippen LogP contribution in [-0.2, 0) is 11.3 Å². The first kappa shape index (κ1) is 12.6. The number of thiophene rings is 1. The monoisotopic (exact) mass is 291 g/mol. The van der Waals surface area contributed by atoms with Crippen molar-refractivity contribution in [3.63, 3.8) is 0 Å². The third-order valence-electron chi connectivity index (χ3n) is 2.97. The van der Waals surface area contributed by atoms with Crippen molar-refractivity contribution in [3.05, 3.63) is 40.5 Å². The molecule has 0 saturated carbocycles. The highest BCUT2D eigenvalue weighted by atomic mass is 32.1. The summed E-state index contributed by atoms with van der Waals surface area (Å²) in [6.45, 7) is 0.202. The summed E-state index contributed by atoms with van der Waals surface area (Å²) in [6.07, 6.45) is 1.50. The molecule has 1 aliphatic rings. The smallest absolute Gasteiger partial charge is 0.353 e. The third kappa shape index (κ3) is 2.12. The Balaban J connectivity index is 1.84. The number of ketones is 1. The SMILES string of the molecule is O=C1Nc2ccsc2C(=O)[C@H]1C(O)=[NH+]Cc1ccco1. The molecule has 0 spiro atoms. The zero-order chi connectivity index (χ0) is 14.1. The van der Waals surface area contributed by atoms with Crippen LogP contribution in [0.4, 0.5) is 5.69 Å². The van der Waals surface area contributed by atoms with Gasteiger partial charge in [0.25, 0.3) is 0 Å². The maximum atomic E-state index is 12.2. The minimum Gasteiger partial charge on any atom is -0.463 e. The summed E-state index contributed by atoms with van der Waals surface area (Å²) in [5.41, 5.74) is 0.500. The van der Waals surface area contributed by atoms with Gasteiger partial charge in [-0.3, -0.25) is 9.59 Å². The van der Waals surface area contributed by atoms with Crippen LogP contribution in [0.1, 0.15) is 15.4 Å². The number of nitrogens with one attached hydrogen (secondary N) is 2. The highest BCUT2D eigenvalue weighted by molar-refractivity contribution is 7.13. The predicted octanol–water partition coefficient (Wildman–Crippen LogP) is 0.329. The molecule has 3 N–H and O–H groups in total. The summed E-state index contributed by atoms with van der Waals surface area (Å²) < 4.78 is 5.10. The first-order chi connectivity index (χ1) is 9.66. The van der Waals surface area contributed by atoms with E-state index in [9.17, 15) is 14.7 Å². The van der Waals surface area contributed by atoms with E-state index in [4.69, 9.17) is 4.42 Å². The van der Waals surface area contributed by atoms with E-state index in [1.165, 1.54) is 17.6 Å². The normalized spacial score (nSPS) is 18.8.